The summed E-state index contributed by atoms with van der Waals surface area (Å²) < 4.78 is 5.82. The van der Waals surface area contributed by atoms with Crippen LogP contribution in [0.2, 0.25) is 0 Å². The number of oxazole rings is 1. The highest BCUT2D eigenvalue weighted by molar-refractivity contribution is 5.76. The summed E-state index contributed by atoms with van der Waals surface area (Å²) in [5, 5.41) is 3.28. The molecule has 0 radical (unpaired) electrons. The molecule has 1 aliphatic carbocycles. The quantitative estimate of drug-likeness (QED) is 0.609. The van der Waals surface area contributed by atoms with Gasteiger partial charge in [-0.15, -0.1) is 0 Å². The molecule has 4 nitrogen and oxygen atoms in total. The molecule has 1 fully saturated rings. The van der Waals surface area contributed by atoms with Gasteiger partial charge in [-0.3, -0.25) is 4.79 Å². The summed E-state index contributed by atoms with van der Waals surface area (Å²) in [4.78, 5) is 17.0. The molecule has 0 aliphatic heterocycles. The van der Waals surface area contributed by atoms with Crippen molar-refractivity contribution >= 4 is 5.91 Å². The van der Waals surface area contributed by atoms with E-state index in [-0.39, 0.29) is 11.9 Å². The van der Waals surface area contributed by atoms with Gasteiger partial charge in [0, 0.05) is 18.4 Å². The Hall–Kier alpha value is -2.88. The Morgan fingerprint density at radius 1 is 1.04 bits per heavy atom. The van der Waals surface area contributed by atoms with Crippen LogP contribution in [0.3, 0.4) is 0 Å². The molecule has 1 amide bonds. The van der Waals surface area contributed by atoms with E-state index < -0.39 is 0 Å². The van der Waals surface area contributed by atoms with Crippen LogP contribution in [-0.2, 0) is 11.2 Å². The SMILES string of the molecule is O=C(CCc1ncc(-c2ccccc2)o1)NC(c1ccccc1)C1CCCC1. The van der Waals surface area contributed by atoms with E-state index in [0.29, 0.717) is 24.7 Å². The number of nitrogens with one attached hydrogen (secondary N) is 1. The van der Waals surface area contributed by atoms with Crippen LogP contribution < -0.4 is 5.32 Å². The van der Waals surface area contributed by atoms with Crippen LogP contribution in [0.25, 0.3) is 11.3 Å². The van der Waals surface area contributed by atoms with E-state index in [0.717, 1.165) is 11.3 Å². The van der Waals surface area contributed by atoms with Gasteiger partial charge in [0.1, 0.15) is 0 Å². The van der Waals surface area contributed by atoms with Crippen molar-refractivity contribution in [3.63, 3.8) is 0 Å². The standard InChI is InChI=1S/C24H26N2O2/c27-22(15-16-23-25-17-21(28-23)18-9-3-1-4-10-18)26-24(20-13-7-8-14-20)19-11-5-2-6-12-19/h1-6,9-12,17,20,24H,7-8,13-16H2,(H,26,27). The second-order valence-electron chi connectivity index (χ2n) is 7.48. The van der Waals surface area contributed by atoms with Gasteiger partial charge in [0.05, 0.1) is 12.2 Å². The number of amides is 1. The fraction of sp³-hybridized carbons (Fsp3) is 0.333. The second-order valence-corrected chi connectivity index (χ2v) is 7.48. The smallest absolute Gasteiger partial charge is 0.221 e. The fourth-order valence-electron chi connectivity index (χ4n) is 4.05. The van der Waals surface area contributed by atoms with Gasteiger partial charge in [0.15, 0.2) is 11.7 Å². The monoisotopic (exact) mass is 374 g/mol. The van der Waals surface area contributed by atoms with E-state index in [9.17, 15) is 4.79 Å². The molecule has 0 spiro atoms. The number of rotatable bonds is 7. The van der Waals surface area contributed by atoms with Crippen LogP contribution >= 0.6 is 0 Å². The van der Waals surface area contributed by atoms with Crippen LogP contribution in [0, 0.1) is 5.92 Å². The Balaban J connectivity index is 1.37. The van der Waals surface area contributed by atoms with Crippen molar-refractivity contribution in [1.29, 1.82) is 0 Å². The van der Waals surface area contributed by atoms with Crippen LogP contribution in [-0.4, -0.2) is 10.9 Å². The summed E-state index contributed by atoms with van der Waals surface area (Å²) >= 11 is 0. The van der Waals surface area contributed by atoms with Gasteiger partial charge in [0.2, 0.25) is 5.91 Å². The van der Waals surface area contributed by atoms with Gasteiger partial charge in [-0.05, 0) is 24.3 Å². The second kappa shape index (κ2) is 8.87. The van der Waals surface area contributed by atoms with Gasteiger partial charge in [-0.1, -0.05) is 73.5 Å². The molecule has 4 heteroatoms. The van der Waals surface area contributed by atoms with Gasteiger partial charge in [0.25, 0.3) is 0 Å². The van der Waals surface area contributed by atoms with Crippen molar-refractivity contribution in [2.75, 3.05) is 0 Å². The summed E-state index contributed by atoms with van der Waals surface area (Å²) in [7, 11) is 0. The van der Waals surface area contributed by atoms with Gasteiger partial charge in [-0.25, -0.2) is 4.98 Å². The van der Waals surface area contributed by atoms with E-state index in [2.05, 4.69) is 22.4 Å². The van der Waals surface area contributed by atoms with Crippen molar-refractivity contribution < 1.29 is 9.21 Å². The predicted molar refractivity (Wildman–Crippen MR) is 110 cm³/mol. The lowest BCUT2D eigenvalue weighted by Gasteiger charge is -2.25. The van der Waals surface area contributed by atoms with Gasteiger partial charge >= 0.3 is 0 Å². The van der Waals surface area contributed by atoms with E-state index in [4.69, 9.17) is 4.42 Å². The summed E-state index contributed by atoms with van der Waals surface area (Å²) in [6.45, 7) is 0. The molecule has 1 atom stereocenters. The third kappa shape index (κ3) is 4.50. The first-order chi connectivity index (χ1) is 13.8. The zero-order valence-corrected chi connectivity index (χ0v) is 16.0. The highest BCUT2D eigenvalue weighted by Crippen LogP contribution is 2.35. The Bertz CT molecular complexity index is 883. The summed E-state index contributed by atoms with van der Waals surface area (Å²) in [6.07, 6.45) is 7.48. The molecule has 1 aliphatic rings. The highest BCUT2D eigenvalue weighted by Gasteiger charge is 2.27. The summed E-state index contributed by atoms with van der Waals surface area (Å²) in [5.41, 5.74) is 2.20. The topological polar surface area (TPSA) is 55.1 Å². The van der Waals surface area contributed by atoms with Gasteiger partial charge in [-0.2, -0.15) is 0 Å². The third-order valence-electron chi connectivity index (χ3n) is 5.52. The van der Waals surface area contributed by atoms with Crippen LogP contribution in [0.15, 0.2) is 71.3 Å². The number of hydrogen-bond donors (Lipinski definition) is 1. The zero-order chi connectivity index (χ0) is 19.2. The third-order valence-corrected chi connectivity index (χ3v) is 5.52. The van der Waals surface area contributed by atoms with Crippen molar-refractivity contribution in [3.05, 3.63) is 78.3 Å². The van der Waals surface area contributed by atoms with Crippen LogP contribution in [0.5, 0.6) is 0 Å². The molecular formula is C24H26N2O2. The number of benzene rings is 2. The molecule has 0 bridgehead atoms. The first-order valence-corrected chi connectivity index (χ1v) is 10.1. The summed E-state index contributed by atoms with van der Waals surface area (Å²) in [5.74, 6) is 1.92. The number of hydrogen-bond acceptors (Lipinski definition) is 3. The first kappa shape index (κ1) is 18.5. The van der Waals surface area contributed by atoms with E-state index in [1.165, 1.54) is 31.2 Å². The molecule has 0 saturated heterocycles. The Kier molecular flexibility index (Phi) is 5.86. The van der Waals surface area contributed by atoms with Crippen LogP contribution in [0.4, 0.5) is 0 Å². The maximum Gasteiger partial charge on any atom is 0.221 e. The minimum Gasteiger partial charge on any atom is -0.441 e. The molecule has 144 valence electrons. The van der Waals surface area contributed by atoms with E-state index in [1.807, 2.05) is 48.5 Å². The van der Waals surface area contributed by atoms with E-state index in [1.54, 1.807) is 6.20 Å². The van der Waals surface area contributed by atoms with E-state index >= 15 is 0 Å². The van der Waals surface area contributed by atoms with Gasteiger partial charge < -0.3 is 9.73 Å². The highest BCUT2D eigenvalue weighted by atomic mass is 16.4. The van der Waals surface area contributed by atoms with Crippen molar-refractivity contribution in [2.45, 2.75) is 44.6 Å². The van der Waals surface area contributed by atoms with Crippen molar-refractivity contribution in [2.24, 2.45) is 5.92 Å². The number of carbonyl (C=O) groups is 1. The maximum absolute atomic E-state index is 12.7. The Morgan fingerprint density at radius 3 is 2.43 bits per heavy atom. The molecular weight excluding hydrogens is 348 g/mol. The van der Waals surface area contributed by atoms with Crippen LogP contribution in [0.1, 0.15) is 49.6 Å². The Morgan fingerprint density at radius 2 is 1.71 bits per heavy atom. The first-order valence-electron chi connectivity index (χ1n) is 10.1. The molecule has 1 unspecified atom stereocenters. The fourth-order valence-corrected chi connectivity index (χ4v) is 4.05. The average molecular weight is 374 g/mol. The van der Waals surface area contributed by atoms with Crippen molar-refractivity contribution in [1.82, 2.24) is 10.3 Å². The predicted octanol–water partition coefficient (Wildman–Crippen LogP) is 5.32. The molecule has 1 saturated carbocycles. The summed E-state index contributed by atoms with van der Waals surface area (Å²) in [6, 6.07) is 20.3. The van der Waals surface area contributed by atoms with Crippen molar-refractivity contribution in [3.8, 4) is 11.3 Å². The zero-order valence-electron chi connectivity index (χ0n) is 16.0. The molecule has 1 heterocycles. The number of aryl methyl sites for hydroxylation is 1. The number of aromatic nitrogens is 1. The average Bonchev–Trinajstić information content (AvgIpc) is 3.44. The molecule has 1 aromatic heterocycles. The molecule has 2 aromatic carbocycles. The molecule has 3 aromatic rings. The molecule has 28 heavy (non-hydrogen) atoms. The largest absolute Gasteiger partial charge is 0.441 e. The minimum atomic E-state index is 0.0558. The number of carbonyl (C=O) groups excluding carboxylic acids is 1. The molecule has 1 N–H and O–H groups in total. The normalized spacial score (nSPS) is 15.4. The lowest BCUT2D eigenvalue weighted by atomic mass is 9.91. The Labute approximate surface area is 166 Å². The maximum atomic E-state index is 12.7. The number of nitrogens with zero attached hydrogens (tertiary/aromatic N) is 1. The lowest BCUT2D eigenvalue weighted by Crippen LogP contribution is -2.32. The minimum absolute atomic E-state index is 0.0558. The molecule has 4 rings (SSSR count). The lowest BCUT2D eigenvalue weighted by molar-refractivity contribution is -0.122.